The van der Waals surface area contributed by atoms with Crippen molar-refractivity contribution in [3.8, 4) is 0 Å². The van der Waals surface area contributed by atoms with Gasteiger partial charge in [-0.2, -0.15) is 0 Å². The number of hydrogen-bond acceptors (Lipinski definition) is 4. The van der Waals surface area contributed by atoms with Crippen LogP contribution in [0, 0.1) is 11.6 Å². The summed E-state index contributed by atoms with van der Waals surface area (Å²) in [7, 11) is 0. The molecule has 1 aromatic heterocycles. The number of amides is 2. The first kappa shape index (κ1) is 28.4. The number of imidazole rings is 1. The molecule has 1 aliphatic heterocycles. The number of halogens is 2. The summed E-state index contributed by atoms with van der Waals surface area (Å²) in [5, 5.41) is 0. The number of nitrogens with zero attached hydrogens (tertiary/aromatic N) is 5. The quantitative estimate of drug-likeness (QED) is 0.446. The standard InChI is InChI=1S/C30H37F2N5O2/c1-22(2)30-33-11-15-35(30)14-10-29(39)36-17-16-34(20-24-8-5-4-6-9-24)12-7-13-37(23(3)38)28-19-27(32)26(31)18-25(28)21-36/h4-6,8-9,11,15,18-19,22H,7,10,12-14,16-17,20-21H2,1-3H3. The average molecular weight is 538 g/mol. The summed E-state index contributed by atoms with van der Waals surface area (Å²) in [5.74, 6) is -1.22. The van der Waals surface area contributed by atoms with Crippen molar-refractivity contribution in [1.82, 2.24) is 19.4 Å². The maximum Gasteiger partial charge on any atom is 0.224 e. The Labute approximate surface area is 229 Å². The van der Waals surface area contributed by atoms with Gasteiger partial charge in [0.1, 0.15) is 5.82 Å². The number of rotatable bonds is 6. The second-order valence-corrected chi connectivity index (χ2v) is 10.4. The molecule has 4 rings (SSSR count). The van der Waals surface area contributed by atoms with Gasteiger partial charge in [0, 0.05) is 83.5 Å². The highest BCUT2D eigenvalue weighted by molar-refractivity contribution is 5.92. The Morgan fingerprint density at radius 1 is 1.00 bits per heavy atom. The van der Waals surface area contributed by atoms with E-state index in [-0.39, 0.29) is 30.7 Å². The maximum absolute atomic E-state index is 14.4. The second-order valence-electron chi connectivity index (χ2n) is 10.4. The predicted octanol–water partition coefficient (Wildman–Crippen LogP) is 4.96. The van der Waals surface area contributed by atoms with Crippen molar-refractivity contribution < 1.29 is 18.4 Å². The lowest BCUT2D eigenvalue weighted by atomic mass is 10.1. The molecule has 2 heterocycles. The topological polar surface area (TPSA) is 61.7 Å². The monoisotopic (exact) mass is 537 g/mol. The molecular weight excluding hydrogens is 500 g/mol. The Bertz CT molecular complexity index is 1280. The van der Waals surface area contributed by atoms with Gasteiger partial charge in [0.15, 0.2) is 11.6 Å². The minimum atomic E-state index is -1.01. The van der Waals surface area contributed by atoms with Gasteiger partial charge in [-0.25, -0.2) is 13.8 Å². The van der Waals surface area contributed by atoms with Crippen molar-refractivity contribution in [3.05, 3.63) is 83.4 Å². The van der Waals surface area contributed by atoms with Gasteiger partial charge in [-0.05, 0) is 23.6 Å². The Morgan fingerprint density at radius 2 is 1.74 bits per heavy atom. The minimum Gasteiger partial charge on any atom is -0.337 e. The van der Waals surface area contributed by atoms with Gasteiger partial charge in [0.2, 0.25) is 11.8 Å². The first-order valence-electron chi connectivity index (χ1n) is 13.5. The average Bonchev–Trinajstić information content (AvgIpc) is 3.37. The molecular formula is C30H37F2N5O2. The first-order chi connectivity index (χ1) is 18.7. The fourth-order valence-corrected chi connectivity index (χ4v) is 5.11. The summed E-state index contributed by atoms with van der Waals surface area (Å²) in [6.07, 6.45) is 4.50. The van der Waals surface area contributed by atoms with E-state index in [4.69, 9.17) is 0 Å². The zero-order chi connectivity index (χ0) is 27.9. The van der Waals surface area contributed by atoms with E-state index in [1.807, 2.05) is 29.0 Å². The second kappa shape index (κ2) is 13.0. The zero-order valence-corrected chi connectivity index (χ0v) is 22.9. The molecule has 0 radical (unpaired) electrons. The number of anilines is 1. The fourth-order valence-electron chi connectivity index (χ4n) is 5.11. The van der Waals surface area contributed by atoms with E-state index in [0.29, 0.717) is 56.9 Å². The third-order valence-corrected chi connectivity index (χ3v) is 7.13. The Kier molecular flexibility index (Phi) is 9.45. The Morgan fingerprint density at radius 3 is 2.46 bits per heavy atom. The minimum absolute atomic E-state index is 0.0787. The fraction of sp³-hybridized carbons (Fsp3) is 0.433. The predicted molar refractivity (Wildman–Crippen MR) is 147 cm³/mol. The van der Waals surface area contributed by atoms with Crippen LogP contribution in [-0.2, 0) is 29.2 Å². The molecule has 0 fully saturated rings. The molecule has 39 heavy (non-hydrogen) atoms. The van der Waals surface area contributed by atoms with Crippen LogP contribution < -0.4 is 4.90 Å². The van der Waals surface area contributed by atoms with Gasteiger partial charge in [-0.3, -0.25) is 14.5 Å². The molecule has 0 bridgehead atoms. The molecule has 2 amide bonds. The summed E-state index contributed by atoms with van der Waals surface area (Å²) < 4.78 is 30.8. The van der Waals surface area contributed by atoms with Crippen LogP contribution >= 0.6 is 0 Å². The largest absolute Gasteiger partial charge is 0.337 e. The smallest absolute Gasteiger partial charge is 0.224 e. The highest BCUT2D eigenvalue weighted by atomic mass is 19.2. The molecule has 1 aliphatic rings. The number of carbonyl (C=O) groups excluding carboxylic acids is 2. The van der Waals surface area contributed by atoms with E-state index in [0.717, 1.165) is 23.5 Å². The summed E-state index contributed by atoms with van der Waals surface area (Å²) in [4.78, 5) is 36.1. The highest BCUT2D eigenvalue weighted by Gasteiger charge is 2.24. The van der Waals surface area contributed by atoms with E-state index in [1.54, 1.807) is 11.1 Å². The lowest BCUT2D eigenvalue weighted by molar-refractivity contribution is -0.132. The van der Waals surface area contributed by atoms with Gasteiger partial charge in [0.05, 0.1) is 5.69 Å². The van der Waals surface area contributed by atoms with Gasteiger partial charge in [0.25, 0.3) is 0 Å². The summed E-state index contributed by atoms with van der Waals surface area (Å²) in [5.41, 5.74) is 1.88. The summed E-state index contributed by atoms with van der Waals surface area (Å²) in [6, 6.07) is 12.3. The zero-order valence-electron chi connectivity index (χ0n) is 22.9. The van der Waals surface area contributed by atoms with E-state index in [1.165, 1.54) is 11.8 Å². The van der Waals surface area contributed by atoms with Crippen molar-refractivity contribution in [2.75, 3.05) is 31.1 Å². The third kappa shape index (κ3) is 7.29. The number of aromatic nitrogens is 2. The molecule has 0 unspecified atom stereocenters. The van der Waals surface area contributed by atoms with E-state index >= 15 is 0 Å². The summed E-state index contributed by atoms with van der Waals surface area (Å²) >= 11 is 0. The van der Waals surface area contributed by atoms with Crippen molar-refractivity contribution in [2.24, 2.45) is 0 Å². The molecule has 2 aromatic carbocycles. The Hall–Kier alpha value is -3.59. The number of benzene rings is 2. The van der Waals surface area contributed by atoms with Crippen LogP contribution in [0.4, 0.5) is 14.5 Å². The highest BCUT2D eigenvalue weighted by Crippen LogP contribution is 2.27. The van der Waals surface area contributed by atoms with Crippen molar-refractivity contribution in [3.63, 3.8) is 0 Å². The van der Waals surface area contributed by atoms with Crippen LogP contribution in [0.15, 0.2) is 54.9 Å². The molecule has 0 saturated heterocycles. The molecule has 9 heteroatoms. The lowest BCUT2D eigenvalue weighted by Gasteiger charge is -2.28. The van der Waals surface area contributed by atoms with Crippen LogP contribution in [0.25, 0.3) is 0 Å². The van der Waals surface area contributed by atoms with Crippen molar-refractivity contribution in [2.45, 2.75) is 59.2 Å². The number of carbonyl (C=O) groups is 2. The van der Waals surface area contributed by atoms with Crippen LogP contribution in [0.3, 0.4) is 0 Å². The van der Waals surface area contributed by atoms with Crippen LogP contribution in [-0.4, -0.2) is 57.3 Å². The molecule has 0 atom stereocenters. The molecule has 0 N–H and O–H groups in total. The van der Waals surface area contributed by atoms with E-state index < -0.39 is 11.6 Å². The van der Waals surface area contributed by atoms with Gasteiger partial charge >= 0.3 is 0 Å². The Balaban J connectivity index is 1.62. The molecule has 7 nitrogen and oxygen atoms in total. The van der Waals surface area contributed by atoms with Gasteiger partial charge in [-0.15, -0.1) is 0 Å². The molecule has 0 saturated carbocycles. The lowest BCUT2D eigenvalue weighted by Crippen LogP contribution is -2.39. The number of aryl methyl sites for hydroxylation is 1. The molecule has 208 valence electrons. The normalized spacial score (nSPS) is 15.2. The molecule has 0 spiro atoms. The number of fused-ring (bicyclic) bond motifs is 1. The SMILES string of the molecule is CC(=O)N1CCCN(Cc2ccccc2)CCN(C(=O)CCn2ccnc2C(C)C)Cc2cc(F)c(F)cc21. The number of hydrogen-bond donors (Lipinski definition) is 0. The summed E-state index contributed by atoms with van der Waals surface area (Å²) in [6.45, 7) is 8.88. The van der Waals surface area contributed by atoms with E-state index in [2.05, 4.69) is 35.9 Å². The van der Waals surface area contributed by atoms with Crippen LogP contribution in [0.5, 0.6) is 0 Å². The van der Waals surface area contributed by atoms with Gasteiger partial charge < -0.3 is 14.4 Å². The molecule has 3 aromatic rings. The third-order valence-electron chi connectivity index (χ3n) is 7.13. The van der Waals surface area contributed by atoms with E-state index in [9.17, 15) is 18.4 Å². The van der Waals surface area contributed by atoms with Crippen LogP contribution in [0.1, 0.15) is 56.5 Å². The van der Waals surface area contributed by atoms with Crippen LogP contribution in [0.2, 0.25) is 0 Å². The van der Waals surface area contributed by atoms with Crippen molar-refractivity contribution in [1.29, 1.82) is 0 Å². The maximum atomic E-state index is 14.4. The molecule has 0 aliphatic carbocycles. The van der Waals surface area contributed by atoms with Gasteiger partial charge in [-0.1, -0.05) is 44.2 Å². The van der Waals surface area contributed by atoms with Crippen molar-refractivity contribution >= 4 is 17.5 Å². The first-order valence-corrected chi connectivity index (χ1v) is 13.5.